The molecule has 1 aliphatic rings. The summed E-state index contributed by atoms with van der Waals surface area (Å²) in [7, 11) is 0. The summed E-state index contributed by atoms with van der Waals surface area (Å²) >= 11 is 12.5. The Bertz CT molecular complexity index is 724. The van der Waals surface area contributed by atoms with Crippen LogP contribution in [0.5, 0.6) is 0 Å². The quantitative estimate of drug-likeness (QED) is 0.879. The molecule has 24 heavy (non-hydrogen) atoms. The molecule has 0 radical (unpaired) electrons. The average Bonchev–Trinajstić information content (AvgIpc) is 2.58. The number of benzene rings is 1. The minimum Gasteiger partial charge on any atom is -0.481 e. The van der Waals surface area contributed by atoms with Crippen molar-refractivity contribution in [1.29, 1.82) is 0 Å². The molecule has 2 heterocycles. The number of rotatable bonds is 4. The molecule has 0 aliphatic carbocycles. The Balaban J connectivity index is 2.01. The van der Waals surface area contributed by atoms with Gasteiger partial charge in [0.05, 0.1) is 17.7 Å². The van der Waals surface area contributed by atoms with Crippen molar-refractivity contribution in [3.63, 3.8) is 0 Å². The van der Waals surface area contributed by atoms with Crippen molar-refractivity contribution in [2.45, 2.75) is 18.9 Å². The largest absolute Gasteiger partial charge is 0.481 e. The molecule has 3 rings (SSSR count). The molecule has 0 spiro atoms. The molecule has 1 aromatic carbocycles. The molecule has 1 fully saturated rings. The van der Waals surface area contributed by atoms with Crippen LogP contribution in [0.1, 0.15) is 30.1 Å². The van der Waals surface area contributed by atoms with E-state index in [4.69, 9.17) is 23.2 Å². The lowest BCUT2D eigenvalue weighted by atomic mass is 9.93. The van der Waals surface area contributed by atoms with E-state index < -0.39 is 5.97 Å². The van der Waals surface area contributed by atoms with Crippen LogP contribution in [-0.2, 0) is 4.79 Å². The SMILES string of the molecule is O=C(O)C1CCCN(C(c2ccccn2)c2ccc(Cl)cc2Cl)C1. The van der Waals surface area contributed by atoms with Crippen LogP contribution in [-0.4, -0.2) is 34.0 Å². The van der Waals surface area contributed by atoms with Crippen molar-refractivity contribution in [2.75, 3.05) is 13.1 Å². The highest BCUT2D eigenvalue weighted by molar-refractivity contribution is 6.35. The van der Waals surface area contributed by atoms with E-state index >= 15 is 0 Å². The fourth-order valence-corrected chi connectivity index (χ4v) is 3.76. The number of carboxylic acid groups (broad SMARTS) is 1. The number of pyridine rings is 1. The molecule has 2 aromatic rings. The van der Waals surface area contributed by atoms with Gasteiger partial charge in [-0.15, -0.1) is 0 Å². The van der Waals surface area contributed by atoms with E-state index in [2.05, 4.69) is 9.88 Å². The third-order valence-electron chi connectivity index (χ3n) is 4.39. The van der Waals surface area contributed by atoms with Gasteiger partial charge in [-0.05, 0) is 49.2 Å². The summed E-state index contributed by atoms with van der Waals surface area (Å²) in [6, 6.07) is 11.0. The number of likely N-dealkylation sites (tertiary alicyclic amines) is 1. The van der Waals surface area contributed by atoms with Crippen LogP contribution in [0.3, 0.4) is 0 Å². The van der Waals surface area contributed by atoms with E-state index in [9.17, 15) is 9.90 Å². The monoisotopic (exact) mass is 364 g/mol. The van der Waals surface area contributed by atoms with Gasteiger partial charge in [0.15, 0.2) is 0 Å². The smallest absolute Gasteiger partial charge is 0.307 e. The second-order valence-corrected chi connectivity index (χ2v) is 6.84. The summed E-state index contributed by atoms with van der Waals surface area (Å²) in [6.45, 7) is 1.29. The van der Waals surface area contributed by atoms with Crippen LogP contribution in [0.15, 0.2) is 42.6 Å². The first-order valence-corrected chi connectivity index (χ1v) is 8.64. The van der Waals surface area contributed by atoms with Crippen LogP contribution in [0.2, 0.25) is 10.0 Å². The highest BCUT2D eigenvalue weighted by Gasteiger charge is 2.32. The maximum Gasteiger partial charge on any atom is 0.307 e. The first-order valence-electron chi connectivity index (χ1n) is 7.89. The summed E-state index contributed by atoms with van der Waals surface area (Å²) in [4.78, 5) is 18.1. The lowest BCUT2D eigenvalue weighted by Gasteiger charge is -2.37. The maximum absolute atomic E-state index is 11.4. The van der Waals surface area contributed by atoms with Gasteiger partial charge in [-0.3, -0.25) is 14.7 Å². The Morgan fingerprint density at radius 1 is 1.29 bits per heavy atom. The van der Waals surface area contributed by atoms with Gasteiger partial charge < -0.3 is 5.11 Å². The lowest BCUT2D eigenvalue weighted by Crippen LogP contribution is -2.41. The Labute approximate surface area is 151 Å². The van der Waals surface area contributed by atoms with E-state index in [1.165, 1.54) is 0 Å². The summed E-state index contributed by atoms with van der Waals surface area (Å²) in [5.74, 6) is -1.11. The van der Waals surface area contributed by atoms with Crippen LogP contribution >= 0.6 is 23.2 Å². The summed E-state index contributed by atoms with van der Waals surface area (Å²) in [5, 5.41) is 10.5. The number of halogens is 2. The van der Waals surface area contributed by atoms with E-state index in [0.29, 0.717) is 23.0 Å². The predicted octanol–water partition coefficient (Wildman–Crippen LogP) is 4.27. The molecule has 4 nitrogen and oxygen atoms in total. The van der Waals surface area contributed by atoms with E-state index in [0.717, 1.165) is 24.2 Å². The number of aliphatic carboxylic acids is 1. The fraction of sp³-hybridized carbons (Fsp3) is 0.333. The number of carbonyl (C=O) groups is 1. The van der Waals surface area contributed by atoms with Gasteiger partial charge in [0.25, 0.3) is 0 Å². The van der Waals surface area contributed by atoms with E-state index in [-0.39, 0.29) is 12.0 Å². The number of carboxylic acids is 1. The molecule has 2 atom stereocenters. The Kier molecular flexibility index (Phi) is 5.39. The number of aromatic nitrogens is 1. The number of nitrogens with zero attached hydrogens (tertiary/aromatic N) is 2. The zero-order chi connectivity index (χ0) is 17.1. The van der Waals surface area contributed by atoms with E-state index in [1.807, 2.05) is 24.3 Å². The average molecular weight is 365 g/mol. The maximum atomic E-state index is 11.4. The van der Waals surface area contributed by atoms with Gasteiger partial charge in [-0.25, -0.2) is 0 Å². The first-order chi connectivity index (χ1) is 11.6. The minimum atomic E-state index is -0.748. The minimum absolute atomic E-state index is 0.182. The third-order valence-corrected chi connectivity index (χ3v) is 4.95. The number of hydrogen-bond donors (Lipinski definition) is 1. The highest BCUT2D eigenvalue weighted by Crippen LogP contribution is 2.36. The van der Waals surface area contributed by atoms with Crippen LogP contribution in [0, 0.1) is 5.92 Å². The molecule has 1 aromatic heterocycles. The Morgan fingerprint density at radius 3 is 2.79 bits per heavy atom. The molecule has 1 N–H and O–H groups in total. The van der Waals surface area contributed by atoms with Crippen molar-refractivity contribution in [2.24, 2.45) is 5.92 Å². The molecule has 1 aliphatic heterocycles. The second kappa shape index (κ2) is 7.51. The standard InChI is InChI=1S/C18H18Cl2N2O2/c19-13-6-7-14(15(20)10-13)17(16-5-1-2-8-21-16)22-9-3-4-12(11-22)18(23)24/h1-2,5-8,10,12,17H,3-4,9,11H2,(H,23,24). The molecular formula is C18H18Cl2N2O2. The molecule has 1 saturated heterocycles. The van der Waals surface area contributed by atoms with Crippen LogP contribution < -0.4 is 0 Å². The molecule has 0 saturated carbocycles. The molecular weight excluding hydrogens is 347 g/mol. The van der Waals surface area contributed by atoms with Gasteiger partial charge >= 0.3 is 5.97 Å². The van der Waals surface area contributed by atoms with Crippen LogP contribution in [0.4, 0.5) is 0 Å². The van der Waals surface area contributed by atoms with Crippen molar-refractivity contribution in [1.82, 2.24) is 9.88 Å². The first kappa shape index (κ1) is 17.2. The van der Waals surface area contributed by atoms with E-state index in [1.54, 1.807) is 18.3 Å². The molecule has 2 unspecified atom stereocenters. The molecule has 6 heteroatoms. The molecule has 126 valence electrons. The van der Waals surface area contributed by atoms with Gasteiger partial charge in [-0.1, -0.05) is 35.3 Å². The topological polar surface area (TPSA) is 53.4 Å². The van der Waals surface area contributed by atoms with Gasteiger partial charge in [0.2, 0.25) is 0 Å². The lowest BCUT2D eigenvalue weighted by molar-refractivity contribution is -0.143. The zero-order valence-electron chi connectivity index (χ0n) is 13.0. The molecule has 0 amide bonds. The fourth-order valence-electron chi connectivity index (χ4n) is 3.25. The van der Waals surface area contributed by atoms with Gasteiger partial charge in [0, 0.05) is 22.8 Å². The third kappa shape index (κ3) is 3.72. The van der Waals surface area contributed by atoms with Crippen LogP contribution in [0.25, 0.3) is 0 Å². The highest BCUT2D eigenvalue weighted by atomic mass is 35.5. The van der Waals surface area contributed by atoms with Crippen molar-refractivity contribution < 1.29 is 9.90 Å². The Hall–Kier alpha value is -1.62. The summed E-state index contributed by atoms with van der Waals surface area (Å²) in [5.41, 5.74) is 1.75. The summed E-state index contributed by atoms with van der Waals surface area (Å²) < 4.78 is 0. The molecule has 0 bridgehead atoms. The van der Waals surface area contributed by atoms with Gasteiger partial charge in [-0.2, -0.15) is 0 Å². The number of hydrogen-bond acceptors (Lipinski definition) is 3. The normalized spacial score (nSPS) is 19.8. The Morgan fingerprint density at radius 2 is 2.12 bits per heavy atom. The van der Waals surface area contributed by atoms with Crippen molar-refractivity contribution in [3.8, 4) is 0 Å². The summed E-state index contributed by atoms with van der Waals surface area (Å²) in [6.07, 6.45) is 3.28. The van der Waals surface area contributed by atoms with Crippen molar-refractivity contribution >= 4 is 29.2 Å². The van der Waals surface area contributed by atoms with Crippen molar-refractivity contribution in [3.05, 3.63) is 63.9 Å². The van der Waals surface area contributed by atoms with Gasteiger partial charge in [0.1, 0.15) is 0 Å². The second-order valence-electron chi connectivity index (χ2n) is 6.00. The predicted molar refractivity (Wildman–Crippen MR) is 94.5 cm³/mol. The number of piperidine rings is 1. The zero-order valence-corrected chi connectivity index (χ0v) is 14.5.